The number of aliphatic hydroxyl groups excluding tert-OH is 1. The van der Waals surface area contributed by atoms with E-state index in [0.29, 0.717) is 32.1 Å². The van der Waals surface area contributed by atoms with Gasteiger partial charge in [0.05, 0.1) is 37.4 Å². The number of aromatic amines is 1. The smallest absolute Gasteiger partial charge is 0.259 e. The van der Waals surface area contributed by atoms with E-state index >= 15 is 0 Å². The van der Waals surface area contributed by atoms with E-state index in [9.17, 15) is 9.90 Å². The molecule has 2 N–H and O–H groups in total. The number of aromatic nitrogens is 2. The van der Waals surface area contributed by atoms with Gasteiger partial charge in [0.25, 0.3) is 5.56 Å². The standard InChI is InChI=1S/C20H31N3O4S/c1-13(2)27-12-14(24)10-23(8-9-26-3)11-17-21-19(25)18-15-6-4-5-7-16(15)28-20(18)22-17/h13-14,24H,4-12H2,1-3H3,(H,21,22,25)/t14-/m0/s1. The molecule has 0 aliphatic heterocycles. The van der Waals surface area contributed by atoms with Gasteiger partial charge in [-0.2, -0.15) is 0 Å². The van der Waals surface area contributed by atoms with Gasteiger partial charge in [-0.3, -0.25) is 9.69 Å². The summed E-state index contributed by atoms with van der Waals surface area (Å²) in [7, 11) is 1.65. The van der Waals surface area contributed by atoms with Gasteiger partial charge in [0, 0.05) is 25.1 Å². The fourth-order valence-corrected chi connectivity index (χ4v) is 4.89. The van der Waals surface area contributed by atoms with Crippen LogP contribution in [0, 0.1) is 0 Å². The largest absolute Gasteiger partial charge is 0.389 e. The van der Waals surface area contributed by atoms with E-state index in [0.717, 1.165) is 29.5 Å². The summed E-state index contributed by atoms with van der Waals surface area (Å²) in [5, 5.41) is 11.1. The molecule has 0 fully saturated rings. The lowest BCUT2D eigenvalue weighted by molar-refractivity contribution is -0.0124. The van der Waals surface area contributed by atoms with Crippen LogP contribution in [0.5, 0.6) is 0 Å². The summed E-state index contributed by atoms with van der Waals surface area (Å²) >= 11 is 1.65. The Morgan fingerprint density at radius 1 is 1.32 bits per heavy atom. The van der Waals surface area contributed by atoms with Crippen LogP contribution >= 0.6 is 11.3 Å². The molecule has 7 nitrogen and oxygen atoms in total. The quantitative estimate of drug-likeness (QED) is 0.625. The minimum absolute atomic E-state index is 0.0465. The molecule has 2 aromatic rings. The topological polar surface area (TPSA) is 87.7 Å². The highest BCUT2D eigenvalue weighted by atomic mass is 32.1. The van der Waals surface area contributed by atoms with E-state index in [-0.39, 0.29) is 18.3 Å². The maximum atomic E-state index is 12.7. The third-order valence-electron chi connectivity index (χ3n) is 4.95. The second kappa shape index (κ2) is 9.93. The predicted molar refractivity (Wildman–Crippen MR) is 111 cm³/mol. The lowest BCUT2D eigenvalue weighted by Gasteiger charge is -2.24. The third kappa shape index (κ3) is 5.39. The minimum Gasteiger partial charge on any atom is -0.389 e. The fourth-order valence-electron chi connectivity index (χ4n) is 3.60. The van der Waals surface area contributed by atoms with Gasteiger partial charge in [-0.05, 0) is 45.1 Å². The number of rotatable bonds is 10. The zero-order valence-corrected chi connectivity index (χ0v) is 17.8. The summed E-state index contributed by atoms with van der Waals surface area (Å²) in [6.07, 6.45) is 3.82. The van der Waals surface area contributed by atoms with E-state index in [1.54, 1.807) is 18.4 Å². The number of H-pyrrole nitrogens is 1. The summed E-state index contributed by atoms with van der Waals surface area (Å²) < 4.78 is 10.7. The van der Waals surface area contributed by atoms with Gasteiger partial charge < -0.3 is 19.6 Å². The molecule has 0 amide bonds. The van der Waals surface area contributed by atoms with E-state index < -0.39 is 6.10 Å². The van der Waals surface area contributed by atoms with Crippen LogP contribution in [-0.4, -0.2) is 65.6 Å². The van der Waals surface area contributed by atoms with Crippen molar-refractivity contribution < 1.29 is 14.6 Å². The Bertz CT molecular complexity index is 833. The number of thiophene rings is 1. The molecule has 0 saturated heterocycles. The first-order valence-corrected chi connectivity index (χ1v) is 10.8. The van der Waals surface area contributed by atoms with Crippen molar-refractivity contribution in [2.45, 2.75) is 58.3 Å². The molecule has 28 heavy (non-hydrogen) atoms. The number of fused-ring (bicyclic) bond motifs is 3. The molecule has 8 heteroatoms. The summed E-state index contributed by atoms with van der Waals surface area (Å²) in [5.41, 5.74) is 1.15. The van der Waals surface area contributed by atoms with Crippen molar-refractivity contribution in [2.75, 3.05) is 33.4 Å². The Morgan fingerprint density at radius 3 is 2.86 bits per heavy atom. The molecule has 1 aliphatic carbocycles. The van der Waals surface area contributed by atoms with E-state index in [4.69, 9.17) is 14.5 Å². The number of nitrogens with one attached hydrogen (secondary N) is 1. The van der Waals surface area contributed by atoms with Gasteiger partial charge in [0.1, 0.15) is 10.7 Å². The van der Waals surface area contributed by atoms with Crippen molar-refractivity contribution in [1.82, 2.24) is 14.9 Å². The Balaban J connectivity index is 1.76. The summed E-state index contributed by atoms with van der Waals surface area (Å²) in [6, 6.07) is 0. The average Bonchev–Trinajstić information content (AvgIpc) is 3.03. The zero-order valence-electron chi connectivity index (χ0n) is 17.0. The molecule has 0 unspecified atom stereocenters. The van der Waals surface area contributed by atoms with Crippen LogP contribution in [0.25, 0.3) is 10.2 Å². The summed E-state index contributed by atoms with van der Waals surface area (Å²) in [5.74, 6) is 0.629. The summed E-state index contributed by atoms with van der Waals surface area (Å²) in [4.78, 5) is 24.6. The van der Waals surface area contributed by atoms with Crippen LogP contribution in [0.15, 0.2) is 4.79 Å². The van der Waals surface area contributed by atoms with Gasteiger partial charge in [0.2, 0.25) is 0 Å². The monoisotopic (exact) mass is 409 g/mol. The van der Waals surface area contributed by atoms with Crippen LogP contribution in [0.2, 0.25) is 0 Å². The maximum Gasteiger partial charge on any atom is 0.259 e. The molecule has 0 bridgehead atoms. The van der Waals surface area contributed by atoms with Crippen molar-refractivity contribution in [3.05, 3.63) is 26.6 Å². The number of aryl methyl sites for hydroxylation is 2. The molecular formula is C20H31N3O4S. The second-order valence-electron chi connectivity index (χ2n) is 7.67. The molecule has 156 valence electrons. The number of hydrogen-bond acceptors (Lipinski definition) is 7. The SMILES string of the molecule is COCCN(Cc1nc2sc3c(c2c(=O)[nH]1)CCCC3)C[C@H](O)COC(C)C. The molecule has 2 aromatic heterocycles. The third-order valence-corrected chi connectivity index (χ3v) is 6.14. The first kappa shape index (κ1) is 21.4. The van der Waals surface area contributed by atoms with E-state index in [1.807, 2.05) is 18.7 Å². The van der Waals surface area contributed by atoms with E-state index in [1.165, 1.54) is 16.9 Å². The Kier molecular flexibility index (Phi) is 7.59. The van der Waals surface area contributed by atoms with Crippen LogP contribution in [0.4, 0.5) is 0 Å². The molecule has 1 aliphatic rings. The highest BCUT2D eigenvalue weighted by molar-refractivity contribution is 7.18. The van der Waals surface area contributed by atoms with Crippen LogP contribution in [-0.2, 0) is 28.9 Å². The van der Waals surface area contributed by atoms with Crippen molar-refractivity contribution in [3.63, 3.8) is 0 Å². The Hall–Kier alpha value is -1.32. The highest BCUT2D eigenvalue weighted by Crippen LogP contribution is 2.33. The number of ether oxygens (including phenoxy) is 2. The average molecular weight is 410 g/mol. The highest BCUT2D eigenvalue weighted by Gasteiger charge is 2.21. The molecule has 2 heterocycles. The van der Waals surface area contributed by atoms with Gasteiger partial charge >= 0.3 is 0 Å². The Morgan fingerprint density at radius 2 is 2.11 bits per heavy atom. The molecule has 3 rings (SSSR count). The second-order valence-corrected chi connectivity index (χ2v) is 8.75. The lowest BCUT2D eigenvalue weighted by atomic mass is 9.97. The normalized spacial score (nSPS) is 15.5. The first-order chi connectivity index (χ1) is 13.5. The molecule has 0 saturated carbocycles. The predicted octanol–water partition coefficient (Wildman–Crippen LogP) is 2.10. The Labute approximate surface area is 169 Å². The first-order valence-electron chi connectivity index (χ1n) is 10.0. The van der Waals surface area contributed by atoms with Gasteiger partial charge in [-0.15, -0.1) is 11.3 Å². The number of hydrogen-bond donors (Lipinski definition) is 2. The fraction of sp³-hybridized carbons (Fsp3) is 0.700. The van der Waals surface area contributed by atoms with E-state index in [2.05, 4.69) is 4.98 Å². The minimum atomic E-state index is -0.608. The van der Waals surface area contributed by atoms with Gasteiger partial charge in [-0.25, -0.2) is 4.98 Å². The van der Waals surface area contributed by atoms with Gasteiger partial charge in [-0.1, -0.05) is 0 Å². The zero-order chi connectivity index (χ0) is 20.1. The number of aliphatic hydroxyl groups is 1. The molecule has 0 radical (unpaired) electrons. The van der Waals surface area contributed by atoms with Crippen molar-refractivity contribution in [2.24, 2.45) is 0 Å². The molecule has 0 aromatic carbocycles. The number of nitrogens with zero attached hydrogens (tertiary/aromatic N) is 2. The molecule has 0 spiro atoms. The van der Waals surface area contributed by atoms with Crippen LogP contribution < -0.4 is 5.56 Å². The molecule has 1 atom stereocenters. The van der Waals surface area contributed by atoms with Gasteiger partial charge in [0.15, 0.2) is 0 Å². The van der Waals surface area contributed by atoms with Crippen molar-refractivity contribution in [3.8, 4) is 0 Å². The van der Waals surface area contributed by atoms with Crippen molar-refractivity contribution in [1.29, 1.82) is 0 Å². The van der Waals surface area contributed by atoms with Crippen molar-refractivity contribution >= 4 is 21.6 Å². The van der Waals surface area contributed by atoms with Crippen LogP contribution in [0.3, 0.4) is 0 Å². The maximum absolute atomic E-state index is 12.7. The van der Waals surface area contributed by atoms with Crippen LogP contribution in [0.1, 0.15) is 43.0 Å². The summed E-state index contributed by atoms with van der Waals surface area (Å²) in [6.45, 7) is 6.23. The molecular weight excluding hydrogens is 378 g/mol. The number of methoxy groups -OCH3 is 1. The lowest BCUT2D eigenvalue weighted by Crippen LogP contribution is -2.37.